The van der Waals surface area contributed by atoms with Crippen molar-refractivity contribution in [2.24, 2.45) is 5.92 Å². The molecule has 2 N–H and O–H groups in total. The van der Waals surface area contributed by atoms with Crippen molar-refractivity contribution < 1.29 is 5.11 Å². The van der Waals surface area contributed by atoms with Gasteiger partial charge in [0.15, 0.2) is 0 Å². The molecule has 1 aromatic rings. The predicted molar refractivity (Wildman–Crippen MR) is 75.7 cm³/mol. The zero-order chi connectivity index (χ0) is 13.7. The lowest BCUT2D eigenvalue weighted by Gasteiger charge is -2.25. The van der Waals surface area contributed by atoms with Crippen LogP contribution in [0.15, 0.2) is 11.0 Å². The van der Waals surface area contributed by atoms with Crippen molar-refractivity contribution in [3.63, 3.8) is 0 Å². The predicted octanol–water partition coefficient (Wildman–Crippen LogP) is 1.88. The lowest BCUT2D eigenvalue weighted by atomic mass is 9.85. The number of aromatic nitrogens is 2. The van der Waals surface area contributed by atoms with Crippen LogP contribution in [-0.4, -0.2) is 28.0 Å². The highest BCUT2D eigenvalue weighted by atomic mass is 35.5. The largest absolute Gasteiger partial charge is 0.396 e. The van der Waals surface area contributed by atoms with Gasteiger partial charge in [0.05, 0.1) is 11.2 Å². The molecule has 5 nitrogen and oxygen atoms in total. The maximum Gasteiger partial charge on any atom is 0.291 e. The fourth-order valence-corrected chi connectivity index (χ4v) is 2.32. The quantitative estimate of drug-likeness (QED) is 0.751. The Kier molecular flexibility index (Phi) is 5.22. The van der Waals surface area contributed by atoms with Crippen molar-refractivity contribution >= 4 is 17.3 Å². The number of nitrogens with one attached hydrogen (secondary N) is 1. The molecular formula is C13H20ClN3O2. The van der Waals surface area contributed by atoms with Crippen LogP contribution in [0.1, 0.15) is 32.1 Å². The van der Waals surface area contributed by atoms with Crippen LogP contribution in [0.2, 0.25) is 5.02 Å². The van der Waals surface area contributed by atoms with E-state index in [1.807, 2.05) is 0 Å². The molecule has 1 heterocycles. The monoisotopic (exact) mass is 285 g/mol. The van der Waals surface area contributed by atoms with Gasteiger partial charge in [-0.1, -0.05) is 18.0 Å². The summed E-state index contributed by atoms with van der Waals surface area (Å²) in [5.74, 6) is 0.577. The van der Waals surface area contributed by atoms with Gasteiger partial charge in [-0.15, -0.1) is 0 Å². The topological polar surface area (TPSA) is 67.2 Å². The van der Waals surface area contributed by atoms with E-state index in [2.05, 4.69) is 10.4 Å². The summed E-state index contributed by atoms with van der Waals surface area (Å²) in [6.45, 7) is 1.47. The van der Waals surface area contributed by atoms with Crippen molar-refractivity contribution in [3.8, 4) is 0 Å². The van der Waals surface area contributed by atoms with Crippen LogP contribution in [0, 0.1) is 5.92 Å². The van der Waals surface area contributed by atoms with E-state index in [1.54, 1.807) is 0 Å². The minimum Gasteiger partial charge on any atom is -0.396 e. The van der Waals surface area contributed by atoms with Crippen LogP contribution in [0.4, 0.5) is 5.69 Å². The molecule has 0 aromatic carbocycles. The van der Waals surface area contributed by atoms with E-state index in [0.29, 0.717) is 36.1 Å². The third-order valence-corrected chi connectivity index (χ3v) is 3.83. The summed E-state index contributed by atoms with van der Waals surface area (Å²) in [5, 5.41) is 16.2. The molecule has 0 unspecified atom stereocenters. The first kappa shape index (κ1) is 14.3. The zero-order valence-corrected chi connectivity index (χ0v) is 11.7. The van der Waals surface area contributed by atoms with Crippen molar-refractivity contribution in [1.29, 1.82) is 0 Å². The second-order valence-corrected chi connectivity index (χ2v) is 5.42. The van der Waals surface area contributed by atoms with Crippen molar-refractivity contribution in [1.82, 2.24) is 9.78 Å². The molecule has 1 aliphatic rings. The highest BCUT2D eigenvalue weighted by molar-refractivity contribution is 6.32. The fourth-order valence-electron chi connectivity index (χ4n) is 2.13. The summed E-state index contributed by atoms with van der Waals surface area (Å²) < 4.78 is 1.50. The van der Waals surface area contributed by atoms with Gasteiger partial charge in [0, 0.05) is 19.7 Å². The standard InChI is InChI=1S/C13H20ClN3O2/c14-11-8-16-17(9-10-4-3-5-10)13(19)12(11)15-6-1-2-7-18/h8,10,15,18H,1-7,9H2. The average molecular weight is 286 g/mol. The Hall–Kier alpha value is -1.07. The number of unbranched alkanes of at least 4 members (excludes halogenated alkanes) is 1. The Morgan fingerprint density at radius 1 is 1.47 bits per heavy atom. The van der Waals surface area contributed by atoms with Gasteiger partial charge < -0.3 is 10.4 Å². The number of anilines is 1. The highest BCUT2D eigenvalue weighted by Crippen LogP contribution is 2.27. The average Bonchev–Trinajstić information content (AvgIpc) is 2.35. The number of hydrogen-bond donors (Lipinski definition) is 2. The molecule has 0 spiro atoms. The van der Waals surface area contributed by atoms with Crippen LogP contribution in [-0.2, 0) is 6.54 Å². The maximum atomic E-state index is 12.2. The van der Waals surface area contributed by atoms with Gasteiger partial charge in [-0.05, 0) is 31.6 Å². The fraction of sp³-hybridized carbons (Fsp3) is 0.692. The molecule has 1 aromatic heterocycles. The van der Waals surface area contributed by atoms with E-state index in [0.717, 1.165) is 6.42 Å². The van der Waals surface area contributed by atoms with E-state index < -0.39 is 0 Å². The van der Waals surface area contributed by atoms with Crippen LogP contribution >= 0.6 is 11.6 Å². The molecule has 1 saturated carbocycles. The summed E-state index contributed by atoms with van der Waals surface area (Å²) >= 11 is 6.01. The smallest absolute Gasteiger partial charge is 0.291 e. The molecule has 0 amide bonds. The lowest BCUT2D eigenvalue weighted by molar-refractivity contribution is 0.262. The molecule has 106 valence electrons. The molecule has 0 saturated heterocycles. The van der Waals surface area contributed by atoms with Crippen LogP contribution < -0.4 is 10.9 Å². The van der Waals surface area contributed by atoms with Gasteiger partial charge in [-0.2, -0.15) is 5.10 Å². The molecule has 19 heavy (non-hydrogen) atoms. The molecule has 0 radical (unpaired) electrons. The summed E-state index contributed by atoms with van der Waals surface area (Å²) in [5.41, 5.74) is 0.275. The zero-order valence-electron chi connectivity index (χ0n) is 10.9. The number of aliphatic hydroxyl groups excluding tert-OH is 1. The first-order chi connectivity index (χ1) is 9.22. The molecule has 2 rings (SSSR count). The van der Waals surface area contributed by atoms with E-state index in [9.17, 15) is 4.79 Å². The van der Waals surface area contributed by atoms with Crippen LogP contribution in [0.25, 0.3) is 0 Å². The van der Waals surface area contributed by atoms with Crippen molar-refractivity contribution in [3.05, 3.63) is 21.6 Å². The van der Waals surface area contributed by atoms with E-state index in [-0.39, 0.29) is 12.2 Å². The van der Waals surface area contributed by atoms with Crippen molar-refractivity contribution in [2.45, 2.75) is 38.6 Å². The van der Waals surface area contributed by atoms with E-state index in [1.165, 1.54) is 30.1 Å². The molecule has 0 bridgehead atoms. The molecule has 1 fully saturated rings. The summed E-state index contributed by atoms with van der Waals surface area (Å²) in [7, 11) is 0. The Morgan fingerprint density at radius 3 is 2.89 bits per heavy atom. The van der Waals surface area contributed by atoms with Gasteiger partial charge in [0.25, 0.3) is 5.56 Å². The second-order valence-electron chi connectivity index (χ2n) is 5.01. The van der Waals surface area contributed by atoms with Gasteiger partial charge >= 0.3 is 0 Å². The minimum atomic E-state index is -0.150. The third-order valence-electron chi connectivity index (χ3n) is 3.54. The van der Waals surface area contributed by atoms with E-state index >= 15 is 0 Å². The Bertz CT molecular complexity index is 471. The summed E-state index contributed by atoms with van der Waals surface area (Å²) in [6.07, 6.45) is 6.64. The van der Waals surface area contributed by atoms with Gasteiger partial charge in [-0.25, -0.2) is 4.68 Å². The second kappa shape index (κ2) is 6.91. The first-order valence-electron chi connectivity index (χ1n) is 6.82. The SMILES string of the molecule is O=c1c(NCCCCO)c(Cl)cnn1CC1CCC1. The normalized spacial score (nSPS) is 15.3. The summed E-state index contributed by atoms with van der Waals surface area (Å²) in [4.78, 5) is 12.2. The molecule has 0 atom stereocenters. The van der Waals surface area contributed by atoms with Crippen LogP contribution in [0.3, 0.4) is 0 Å². The number of hydrogen-bond acceptors (Lipinski definition) is 4. The highest BCUT2D eigenvalue weighted by Gasteiger charge is 2.20. The van der Waals surface area contributed by atoms with E-state index in [4.69, 9.17) is 16.7 Å². The molecule has 1 aliphatic carbocycles. The lowest BCUT2D eigenvalue weighted by Crippen LogP contribution is -2.31. The number of nitrogens with zero attached hydrogens (tertiary/aromatic N) is 2. The Balaban J connectivity index is 2.03. The number of aliphatic hydroxyl groups is 1. The number of rotatable bonds is 7. The van der Waals surface area contributed by atoms with Crippen LogP contribution in [0.5, 0.6) is 0 Å². The molecule has 0 aliphatic heterocycles. The Labute approximate surface area is 117 Å². The Morgan fingerprint density at radius 2 is 2.26 bits per heavy atom. The maximum absolute atomic E-state index is 12.2. The summed E-state index contributed by atoms with van der Waals surface area (Å²) in [6, 6.07) is 0. The van der Waals surface area contributed by atoms with Gasteiger partial charge in [-0.3, -0.25) is 4.79 Å². The molecular weight excluding hydrogens is 266 g/mol. The van der Waals surface area contributed by atoms with Gasteiger partial charge in [0.2, 0.25) is 0 Å². The van der Waals surface area contributed by atoms with Gasteiger partial charge in [0.1, 0.15) is 5.69 Å². The minimum absolute atomic E-state index is 0.150. The number of halogens is 1. The molecule has 6 heteroatoms. The first-order valence-corrected chi connectivity index (χ1v) is 7.20. The third kappa shape index (κ3) is 3.70. The van der Waals surface area contributed by atoms with Crippen molar-refractivity contribution in [2.75, 3.05) is 18.5 Å².